The number of rotatable bonds is 6. The molecule has 9 aromatic carbocycles. The van der Waals surface area contributed by atoms with Crippen molar-refractivity contribution >= 4 is 64.2 Å². The lowest BCUT2D eigenvalue weighted by Gasteiger charge is -2.15. The highest BCUT2D eigenvalue weighted by Crippen LogP contribution is 2.48. The van der Waals surface area contributed by atoms with Gasteiger partial charge in [0.05, 0.1) is 0 Å². The van der Waals surface area contributed by atoms with E-state index in [0.29, 0.717) is 17.5 Å². The predicted molar refractivity (Wildman–Crippen MR) is 250 cm³/mol. The van der Waals surface area contributed by atoms with Crippen LogP contribution in [0.3, 0.4) is 0 Å². The second-order valence-corrected chi connectivity index (χ2v) is 16.2. The minimum absolute atomic E-state index is 0.641. The van der Waals surface area contributed by atoms with Crippen molar-refractivity contribution in [3.63, 3.8) is 0 Å². The van der Waals surface area contributed by atoms with Crippen molar-refractivity contribution in [2.24, 2.45) is 0 Å². The molecule has 3 heterocycles. The summed E-state index contributed by atoms with van der Waals surface area (Å²) in [5.41, 5.74) is 11.4. The number of fused-ring (bicyclic) bond motifs is 7. The average Bonchev–Trinajstić information content (AvgIpc) is 3.89. The lowest BCUT2D eigenvalue weighted by atomic mass is 9.88. The van der Waals surface area contributed by atoms with Gasteiger partial charge in [-0.15, -0.1) is 11.3 Å². The van der Waals surface area contributed by atoms with Crippen LogP contribution in [0.1, 0.15) is 0 Å². The summed E-state index contributed by atoms with van der Waals surface area (Å²) in [4.78, 5) is 15.3. The fraction of sp³-hybridized carbons (Fsp3) is 0. The maximum absolute atomic E-state index is 6.89. The molecule has 0 spiro atoms. The van der Waals surface area contributed by atoms with Crippen molar-refractivity contribution < 1.29 is 4.42 Å². The summed E-state index contributed by atoms with van der Waals surface area (Å²) in [6, 6.07) is 70.4. The van der Waals surface area contributed by atoms with E-state index in [0.717, 1.165) is 71.0 Å². The van der Waals surface area contributed by atoms with E-state index >= 15 is 0 Å². The normalized spacial score (nSPS) is 11.7. The van der Waals surface area contributed by atoms with E-state index in [2.05, 4.69) is 164 Å². The third-order valence-corrected chi connectivity index (χ3v) is 12.7. The molecule has 0 saturated heterocycles. The van der Waals surface area contributed by atoms with Gasteiger partial charge in [-0.25, -0.2) is 15.0 Å². The number of nitrogens with zero attached hydrogens (tertiary/aromatic N) is 3. The number of benzene rings is 9. The molecule has 0 unspecified atom stereocenters. The molecule has 3 aromatic heterocycles. The SMILES string of the molecule is c1ccc(-c2nc(-c3ccccc3)nc(-c3ccc(-c4cc(-c5ccccc5-c5ccccc5)c5c(c4)oc4cc6ccccc6cc45)c4c3sc3ccccc34)n2)cc1. The second kappa shape index (κ2) is 14.0. The summed E-state index contributed by atoms with van der Waals surface area (Å²) in [7, 11) is 0. The number of hydrogen-bond acceptors (Lipinski definition) is 5. The maximum atomic E-state index is 6.89. The molecule has 0 atom stereocenters. The summed E-state index contributed by atoms with van der Waals surface area (Å²) in [5.74, 6) is 1.92. The smallest absolute Gasteiger partial charge is 0.165 e. The maximum Gasteiger partial charge on any atom is 0.165 e. The highest BCUT2D eigenvalue weighted by molar-refractivity contribution is 7.26. The Balaban J connectivity index is 1.14. The first kappa shape index (κ1) is 34.3. The Bertz CT molecular complexity index is 3540. The van der Waals surface area contributed by atoms with Crippen LogP contribution >= 0.6 is 11.3 Å². The molecule has 0 aliphatic heterocycles. The van der Waals surface area contributed by atoms with Crippen molar-refractivity contribution in [3.8, 4) is 67.5 Å². The number of furan rings is 1. The van der Waals surface area contributed by atoms with Crippen molar-refractivity contribution in [1.82, 2.24) is 15.0 Å². The summed E-state index contributed by atoms with van der Waals surface area (Å²) >= 11 is 1.78. The highest BCUT2D eigenvalue weighted by Gasteiger charge is 2.23. The van der Waals surface area contributed by atoms with Crippen LogP contribution in [0.5, 0.6) is 0 Å². The summed E-state index contributed by atoms with van der Waals surface area (Å²) in [6.07, 6.45) is 0. The van der Waals surface area contributed by atoms with Crippen molar-refractivity contribution in [2.75, 3.05) is 0 Å². The topological polar surface area (TPSA) is 51.8 Å². The molecule has 0 aliphatic rings. The monoisotopic (exact) mass is 783 g/mol. The van der Waals surface area contributed by atoms with E-state index < -0.39 is 0 Å². The Kier molecular flexibility index (Phi) is 8.00. The van der Waals surface area contributed by atoms with E-state index in [1.807, 2.05) is 36.4 Å². The molecule has 0 bridgehead atoms. The van der Waals surface area contributed by atoms with Gasteiger partial charge in [-0.2, -0.15) is 0 Å². The summed E-state index contributed by atoms with van der Waals surface area (Å²) < 4.78 is 9.22. The molecule has 0 N–H and O–H groups in total. The molecule has 0 amide bonds. The molecule has 5 heteroatoms. The summed E-state index contributed by atoms with van der Waals surface area (Å²) in [5, 5.41) is 6.91. The van der Waals surface area contributed by atoms with Gasteiger partial charge in [-0.1, -0.05) is 164 Å². The van der Waals surface area contributed by atoms with Gasteiger partial charge in [0.25, 0.3) is 0 Å². The van der Waals surface area contributed by atoms with Gasteiger partial charge in [0.1, 0.15) is 11.2 Å². The van der Waals surface area contributed by atoms with Crippen LogP contribution in [0.4, 0.5) is 0 Å². The van der Waals surface area contributed by atoms with Crippen molar-refractivity contribution in [1.29, 1.82) is 0 Å². The molecular weight excluding hydrogens is 751 g/mol. The Labute approximate surface area is 349 Å². The molecule has 0 aliphatic carbocycles. The third kappa shape index (κ3) is 5.70. The Hall–Kier alpha value is -7.73. The molecule has 12 aromatic rings. The largest absolute Gasteiger partial charge is 0.456 e. The Morgan fingerprint density at radius 1 is 0.333 bits per heavy atom. The highest BCUT2D eigenvalue weighted by atomic mass is 32.1. The van der Waals surface area contributed by atoms with E-state index in [9.17, 15) is 0 Å². The molecule has 60 heavy (non-hydrogen) atoms. The van der Waals surface area contributed by atoms with Crippen LogP contribution in [0.25, 0.3) is 120 Å². The van der Waals surface area contributed by atoms with Gasteiger partial charge < -0.3 is 4.42 Å². The van der Waals surface area contributed by atoms with E-state index in [1.54, 1.807) is 11.3 Å². The minimum atomic E-state index is 0.641. The number of thiophene rings is 1. The first-order chi connectivity index (χ1) is 29.7. The zero-order valence-corrected chi connectivity index (χ0v) is 33.0. The first-order valence-corrected chi connectivity index (χ1v) is 20.9. The molecular formula is C55H33N3OS. The fourth-order valence-corrected chi connectivity index (χ4v) is 9.96. The zero-order chi connectivity index (χ0) is 39.6. The molecule has 0 saturated carbocycles. The van der Waals surface area contributed by atoms with Crippen LogP contribution in [-0.4, -0.2) is 15.0 Å². The number of aromatic nitrogens is 3. The standard InChI is InChI=1S/C55H33N3OS/c1-4-16-34(17-5-1)40-24-12-13-25-42(40)45-31-39(33-48-50(45)46-30-37-22-10-11-23-38(37)32-47(46)59-48)41-28-29-44(52-51(41)43-26-14-15-27-49(43)60-52)55-57-53(35-18-6-2-7-19-35)56-54(58-55)36-20-8-3-9-21-36/h1-33H. The molecule has 12 rings (SSSR count). The van der Waals surface area contributed by atoms with Crippen LogP contribution in [-0.2, 0) is 0 Å². The molecule has 280 valence electrons. The van der Waals surface area contributed by atoms with Crippen LogP contribution in [0.15, 0.2) is 205 Å². The molecule has 0 fully saturated rings. The second-order valence-electron chi connectivity index (χ2n) is 15.1. The van der Waals surface area contributed by atoms with Gasteiger partial charge >= 0.3 is 0 Å². The van der Waals surface area contributed by atoms with Crippen LogP contribution in [0, 0.1) is 0 Å². The van der Waals surface area contributed by atoms with Gasteiger partial charge in [0, 0.05) is 47.6 Å². The molecule has 4 nitrogen and oxygen atoms in total. The van der Waals surface area contributed by atoms with Gasteiger partial charge in [0.15, 0.2) is 17.5 Å². The Morgan fingerprint density at radius 3 is 1.62 bits per heavy atom. The first-order valence-electron chi connectivity index (χ1n) is 20.1. The lowest BCUT2D eigenvalue weighted by Crippen LogP contribution is -2.00. The fourth-order valence-electron chi connectivity index (χ4n) is 8.72. The van der Waals surface area contributed by atoms with Crippen LogP contribution in [0.2, 0.25) is 0 Å². The lowest BCUT2D eigenvalue weighted by molar-refractivity contribution is 0.669. The average molecular weight is 784 g/mol. The summed E-state index contributed by atoms with van der Waals surface area (Å²) in [6.45, 7) is 0. The van der Waals surface area contributed by atoms with E-state index in [-0.39, 0.29) is 0 Å². The minimum Gasteiger partial charge on any atom is -0.456 e. The van der Waals surface area contributed by atoms with Crippen molar-refractivity contribution in [3.05, 3.63) is 200 Å². The molecule has 0 radical (unpaired) electrons. The Morgan fingerprint density at radius 2 is 0.900 bits per heavy atom. The third-order valence-electron chi connectivity index (χ3n) is 11.5. The quantitative estimate of drug-likeness (QED) is 0.169. The van der Waals surface area contributed by atoms with Gasteiger partial charge in [0.2, 0.25) is 0 Å². The zero-order valence-electron chi connectivity index (χ0n) is 32.2. The number of hydrogen-bond donors (Lipinski definition) is 0. The van der Waals surface area contributed by atoms with E-state index in [1.165, 1.54) is 32.0 Å². The van der Waals surface area contributed by atoms with Crippen LogP contribution < -0.4 is 0 Å². The van der Waals surface area contributed by atoms with Gasteiger partial charge in [-0.3, -0.25) is 0 Å². The van der Waals surface area contributed by atoms with E-state index in [4.69, 9.17) is 19.4 Å². The van der Waals surface area contributed by atoms with Gasteiger partial charge in [-0.05, 0) is 80.6 Å². The van der Waals surface area contributed by atoms with Crippen molar-refractivity contribution in [2.45, 2.75) is 0 Å². The predicted octanol–water partition coefficient (Wildman–Crippen LogP) is 15.3.